The van der Waals surface area contributed by atoms with Gasteiger partial charge in [-0.15, -0.1) is 0 Å². The van der Waals surface area contributed by atoms with Crippen LogP contribution in [0.5, 0.6) is 11.5 Å². The van der Waals surface area contributed by atoms with Gasteiger partial charge in [-0.1, -0.05) is 19.1 Å². The summed E-state index contributed by atoms with van der Waals surface area (Å²) < 4.78 is 10.9. The molecule has 0 atom stereocenters. The summed E-state index contributed by atoms with van der Waals surface area (Å²) in [6.07, 6.45) is 3.61. The van der Waals surface area contributed by atoms with Gasteiger partial charge in [0, 0.05) is 30.2 Å². The molecular formula is C22H26N4O2. The van der Waals surface area contributed by atoms with Crippen molar-refractivity contribution in [2.75, 3.05) is 39.2 Å². The van der Waals surface area contributed by atoms with Gasteiger partial charge in [0.25, 0.3) is 0 Å². The number of anilines is 2. The molecule has 3 rings (SSSR count). The second kappa shape index (κ2) is 9.71. The molecule has 0 unspecified atom stereocenters. The Kier molecular flexibility index (Phi) is 6.81. The van der Waals surface area contributed by atoms with Crippen molar-refractivity contribution in [2.24, 2.45) is 0 Å². The van der Waals surface area contributed by atoms with Crippen molar-refractivity contribution in [3.05, 3.63) is 60.9 Å². The first-order chi connectivity index (χ1) is 13.7. The Morgan fingerprint density at radius 1 is 0.893 bits per heavy atom. The monoisotopic (exact) mass is 378 g/mol. The number of benzene rings is 2. The number of nitrogens with zero attached hydrogens (tertiary/aromatic N) is 3. The Hall–Kier alpha value is -3.12. The van der Waals surface area contributed by atoms with E-state index in [0.29, 0.717) is 12.6 Å². The average molecular weight is 378 g/mol. The third-order valence-corrected chi connectivity index (χ3v) is 4.47. The molecule has 0 saturated heterocycles. The minimum Gasteiger partial charge on any atom is -0.497 e. The zero-order valence-electron chi connectivity index (χ0n) is 16.6. The highest BCUT2D eigenvalue weighted by atomic mass is 16.5. The van der Waals surface area contributed by atoms with Gasteiger partial charge < -0.3 is 19.7 Å². The number of hydrogen-bond acceptors (Lipinski definition) is 6. The largest absolute Gasteiger partial charge is 0.497 e. The molecule has 0 aliphatic heterocycles. The van der Waals surface area contributed by atoms with E-state index in [-0.39, 0.29) is 0 Å². The fourth-order valence-corrected chi connectivity index (χ4v) is 2.57. The summed E-state index contributed by atoms with van der Waals surface area (Å²) in [5.41, 5.74) is 2.91. The second-order valence-corrected chi connectivity index (χ2v) is 6.42. The normalized spacial score (nSPS) is 10.7. The molecule has 1 heterocycles. The van der Waals surface area contributed by atoms with Crippen LogP contribution in [0.1, 0.15) is 6.92 Å². The summed E-state index contributed by atoms with van der Waals surface area (Å²) >= 11 is 0. The number of rotatable bonds is 9. The Labute approximate surface area is 166 Å². The molecule has 0 fully saturated rings. The lowest BCUT2D eigenvalue weighted by Gasteiger charge is -2.14. The number of hydrogen-bond donors (Lipinski definition) is 1. The summed E-state index contributed by atoms with van der Waals surface area (Å²) in [6, 6.07) is 15.6. The van der Waals surface area contributed by atoms with Gasteiger partial charge in [0.1, 0.15) is 18.1 Å². The van der Waals surface area contributed by atoms with E-state index in [4.69, 9.17) is 9.47 Å². The van der Waals surface area contributed by atoms with Crippen LogP contribution in [0.2, 0.25) is 0 Å². The van der Waals surface area contributed by atoms with Crippen molar-refractivity contribution in [1.29, 1.82) is 0 Å². The van der Waals surface area contributed by atoms with E-state index in [0.717, 1.165) is 41.4 Å². The highest BCUT2D eigenvalue weighted by Crippen LogP contribution is 2.22. The summed E-state index contributed by atoms with van der Waals surface area (Å²) in [6.45, 7) is 4.73. The molecule has 28 heavy (non-hydrogen) atoms. The maximum absolute atomic E-state index is 5.76. The molecule has 2 aromatic carbocycles. The van der Waals surface area contributed by atoms with Crippen molar-refractivity contribution in [1.82, 2.24) is 14.9 Å². The number of likely N-dealkylation sites (N-methyl/N-ethyl adjacent to an activating group) is 1. The molecule has 0 bridgehead atoms. The third-order valence-electron chi connectivity index (χ3n) is 4.47. The first kappa shape index (κ1) is 19.6. The molecule has 6 heteroatoms. The number of aromatic nitrogens is 2. The predicted octanol–water partition coefficient (Wildman–Crippen LogP) is 4.23. The molecule has 0 saturated carbocycles. The molecule has 0 aliphatic rings. The molecule has 0 spiro atoms. The number of methoxy groups -OCH3 is 1. The van der Waals surface area contributed by atoms with Crippen molar-refractivity contribution < 1.29 is 9.47 Å². The van der Waals surface area contributed by atoms with Gasteiger partial charge in [-0.05, 0) is 55.6 Å². The molecular weight excluding hydrogens is 352 g/mol. The van der Waals surface area contributed by atoms with Crippen LogP contribution in [-0.2, 0) is 0 Å². The highest BCUT2D eigenvalue weighted by molar-refractivity contribution is 5.63. The average Bonchev–Trinajstić information content (AvgIpc) is 2.75. The van der Waals surface area contributed by atoms with Crippen molar-refractivity contribution in [3.8, 4) is 22.6 Å². The van der Waals surface area contributed by atoms with Gasteiger partial charge in [-0.25, -0.2) is 9.97 Å². The molecule has 6 nitrogen and oxygen atoms in total. The lowest BCUT2D eigenvalue weighted by atomic mass is 10.1. The first-order valence-electron chi connectivity index (χ1n) is 9.33. The fraction of sp³-hybridized carbons (Fsp3) is 0.273. The minimum atomic E-state index is 0.551. The molecule has 1 N–H and O–H groups in total. The van der Waals surface area contributed by atoms with Gasteiger partial charge >= 0.3 is 0 Å². The summed E-state index contributed by atoms with van der Waals surface area (Å²) in [4.78, 5) is 11.0. The second-order valence-electron chi connectivity index (χ2n) is 6.42. The molecule has 0 radical (unpaired) electrons. The third kappa shape index (κ3) is 5.44. The topological polar surface area (TPSA) is 59.5 Å². The summed E-state index contributed by atoms with van der Waals surface area (Å²) in [7, 11) is 3.73. The maximum Gasteiger partial charge on any atom is 0.227 e. The van der Waals surface area contributed by atoms with Gasteiger partial charge in [0.15, 0.2) is 0 Å². The molecule has 1 aromatic heterocycles. The lowest BCUT2D eigenvalue weighted by molar-refractivity contribution is 0.244. The fourth-order valence-electron chi connectivity index (χ4n) is 2.57. The minimum absolute atomic E-state index is 0.551. The van der Waals surface area contributed by atoms with Crippen LogP contribution in [0.15, 0.2) is 60.9 Å². The number of nitrogens with one attached hydrogen (secondary N) is 1. The Bertz CT molecular complexity index is 849. The van der Waals surface area contributed by atoms with Gasteiger partial charge in [-0.3, -0.25) is 0 Å². The van der Waals surface area contributed by atoms with Crippen LogP contribution in [0.25, 0.3) is 11.1 Å². The van der Waals surface area contributed by atoms with Crippen LogP contribution >= 0.6 is 0 Å². The van der Waals surface area contributed by atoms with Crippen LogP contribution in [0.3, 0.4) is 0 Å². The smallest absolute Gasteiger partial charge is 0.227 e. The first-order valence-corrected chi connectivity index (χ1v) is 9.33. The van der Waals surface area contributed by atoms with Crippen molar-refractivity contribution in [2.45, 2.75) is 6.92 Å². The number of ether oxygens (including phenoxy) is 2. The molecule has 0 aliphatic carbocycles. The van der Waals surface area contributed by atoms with E-state index in [1.54, 1.807) is 19.5 Å². The zero-order chi connectivity index (χ0) is 19.8. The zero-order valence-corrected chi connectivity index (χ0v) is 16.6. The van der Waals surface area contributed by atoms with E-state index >= 15 is 0 Å². The van der Waals surface area contributed by atoms with Crippen LogP contribution < -0.4 is 14.8 Å². The summed E-state index contributed by atoms with van der Waals surface area (Å²) in [5.74, 6) is 2.23. The quantitative estimate of drug-likeness (QED) is 0.601. The molecule has 3 aromatic rings. The van der Waals surface area contributed by atoms with E-state index < -0.39 is 0 Å². The highest BCUT2D eigenvalue weighted by Gasteiger charge is 2.03. The lowest BCUT2D eigenvalue weighted by Crippen LogP contribution is -2.23. The Balaban J connectivity index is 1.56. The molecule has 0 amide bonds. The Morgan fingerprint density at radius 3 is 2.14 bits per heavy atom. The van der Waals surface area contributed by atoms with Gasteiger partial charge in [0.2, 0.25) is 5.95 Å². The van der Waals surface area contributed by atoms with Gasteiger partial charge in [0.05, 0.1) is 7.11 Å². The predicted molar refractivity (Wildman–Crippen MR) is 112 cm³/mol. The summed E-state index contributed by atoms with van der Waals surface area (Å²) in [5, 5.41) is 3.21. The van der Waals surface area contributed by atoms with E-state index in [1.165, 1.54) is 0 Å². The van der Waals surface area contributed by atoms with E-state index in [2.05, 4.69) is 34.2 Å². The Morgan fingerprint density at radius 2 is 1.54 bits per heavy atom. The van der Waals surface area contributed by atoms with Crippen LogP contribution in [0.4, 0.5) is 11.6 Å². The standard InChI is InChI=1S/C22H26N4O2/c1-4-26(2)13-14-28-21-11-7-19(8-12-21)25-22-23-15-18(16-24-22)17-5-9-20(27-3)10-6-17/h5-12,15-16H,4,13-14H2,1-3H3,(H,23,24,25). The maximum atomic E-state index is 5.76. The van der Waals surface area contributed by atoms with Crippen LogP contribution in [-0.4, -0.2) is 48.7 Å². The van der Waals surface area contributed by atoms with Crippen molar-refractivity contribution in [3.63, 3.8) is 0 Å². The van der Waals surface area contributed by atoms with Crippen molar-refractivity contribution >= 4 is 11.6 Å². The van der Waals surface area contributed by atoms with Crippen LogP contribution in [0, 0.1) is 0 Å². The van der Waals surface area contributed by atoms with Gasteiger partial charge in [-0.2, -0.15) is 0 Å². The molecule has 146 valence electrons. The van der Waals surface area contributed by atoms with E-state index in [9.17, 15) is 0 Å². The SMILES string of the molecule is CCN(C)CCOc1ccc(Nc2ncc(-c3ccc(OC)cc3)cn2)cc1. The van der Waals surface area contributed by atoms with E-state index in [1.807, 2.05) is 48.5 Å².